The summed E-state index contributed by atoms with van der Waals surface area (Å²) in [7, 11) is 0. The molecule has 0 bridgehead atoms. The quantitative estimate of drug-likeness (QED) is 0.933. The van der Waals surface area contributed by atoms with Gasteiger partial charge in [0, 0.05) is 25.4 Å². The molecule has 0 saturated carbocycles. The number of carbonyl (C=O) groups excluding carboxylic acids is 1. The molecule has 4 rings (SSSR count). The number of nitrogens with one attached hydrogen (secondary N) is 1. The molecule has 2 amide bonds. The minimum absolute atomic E-state index is 0.0218. The molecular weight excluding hydrogens is 316 g/mol. The van der Waals surface area contributed by atoms with Gasteiger partial charge in [0.1, 0.15) is 0 Å². The molecule has 6 heteroatoms. The van der Waals surface area contributed by atoms with Crippen LogP contribution in [-0.2, 0) is 24.1 Å². The van der Waals surface area contributed by atoms with Gasteiger partial charge in [-0.15, -0.1) is 0 Å². The first-order valence-corrected chi connectivity index (χ1v) is 9.08. The van der Waals surface area contributed by atoms with Crippen molar-refractivity contribution >= 4 is 6.03 Å². The van der Waals surface area contributed by atoms with Gasteiger partial charge in [-0.3, -0.25) is 0 Å². The van der Waals surface area contributed by atoms with Gasteiger partial charge in [0.15, 0.2) is 0 Å². The number of amides is 2. The zero-order chi connectivity index (χ0) is 17.1. The molecule has 0 unspecified atom stereocenters. The molecule has 1 saturated heterocycles. The number of urea groups is 1. The molecule has 1 fully saturated rings. The van der Waals surface area contributed by atoms with Gasteiger partial charge in [-0.05, 0) is 43.4 Å². The number of carbonyl (C=O) groups is 1. The van der Waals surface area contributed by atoms with E-state index in [1.54, 1.807) is 0 Å². The lowest BCUT2D eigenvalue weighted by Gasteiger charge is -2.19. The van der Waals surface area contributed by atoms with Crippen LogP contribution in [0.1, 0.15) is 29.8 Å². The average Bonchev–Trinajstić information content (AvgIpc) is 3.14. The van der Waals surface area contributed by atoms with Crippen molar-refractivity contribution in [3.63, 3.8) is 0 Å². The largest absolute Gasteiger partial charge is 0.380 e. The highest BCUT2D eigenvalue weighted by Crippen LogP contribution is 2.27. The third kappa shape index (κ3) is 3.39. The van der Waals surface area contributed by atoms with Crippen molar-refractivity contribution in [2.75, 3.05) is 26.3 Å². The first-order chi connectivity index (χ1) is 12.3. The Labute approximate surface area is 147 Å². The number of ether oxygens (including phenoxy) is 1. The lowest BCUT2D eigenvalue weighted by molar-refractivity contribution is 0.142. The van der Waals surface area contributed by atoms with Crippen LogP contribution in [0.5, 0.6) is 0 Å². The molecule has 2 aromatic rings. The summed E-state index contributed by atoms with van der Waals surface area (Å²) in [6.07, 6.45) is 4.15. The van der Waals surface area contributed by atoms with E-state index in [4.69, 9.17) is 9.84 Å². The Kier molecular flexibility index (Phi) is 4.70. The molecule has 0 radical (unpaired) electrons. The average molecular weight is 340 g/mol. The Morgan fingerprint density at radius 1 is 1.12 bits per heavy atom. The van der Waals surface area contributed by atoms with Crippen LogP contribution >= 0.6 is 0 Å². The molecule has 1 aromatic heterocycles. The van der Waals surface area contributed by atoms with E-state index in [-0.39, 0.29) is 6.03 Å². The monoisotopic (exact) mass is 340 g/mol. The molecule has 132 valence electrons. The van der Waals surface area contributed by atoms with Crippen molar-refractivity contribution < 1.29 is 9.53 Å². The minimum Gasteiger partial charge on any atom is -0.380 e. The van der Waals surface area contributed by atoms with E-state index in [0.717, 1.165) is 50.2 Å². The number of fused-ring (bicyclic) bond motifs is 1. The number of rotatable bonds is 3. The Morgan fingerprint density at radius 3 is 2.88 bits per heavy atom. The van der Waals surface area contributed by atoms with Crippen molar-refractivity contribution in [2.45, 2.75) is 32.2 Å². The van der Waals surface area contributed by atoms with Crippen LogP contribution in [0, 0.1) is 0 Å². The Hall–Kier alpha value is -2.34. The van der Waals surface area contributed by atoms with Crippen molar-refractivity contribution in [1.29, 1.82) is 0 Å². The second kappa shape index (κ2) is 7.27. The van der Waals surface area contributed by atoms with Gasteiger partial charge in [0.25, 0.3) is 0 Å². The Morgan fingerprint density at radius 2 is 2.00 bits per heavy atom. The maximum atomic E-state index is 12.4. The highest BCUT2D eigenvalue weighted by atomic mass is 16.5. The lowest BCUT2D eigenvalue weighted by Crippen LogP contribution is -2.41. The molecule has 0 spiro atoms. The maximum absolute atomic E-state index is 12.4. The van der Waals surface area contributed by atoms with Crippen molar-refractivity contribution in [1.82, 2.24) is 20.0 Å². The minimum atomic E-state index is -0.0218. The number of nitrogens with zero attached hydrogens (tertiary/aromatic N) is 3. The normalized spacial score (nSPS) is 17.2. The topological polar surface area (TPSA) is 59.4 Å². The fourth-order valence-electron chi connectivity index (χ4n) is 3.66. The molecule has 6 nitrogen and oxygen atoms in total. The van der Waals surface area contributed by atoms with E-state index in [9.17, 15) is 4.79 Å². The first kappa shape index (κ1) is 16.1. The molecule has 0 atom stereocenters. The Balaban J connectivity index is 1.49. The summed E-state index contributed by atoms with van der Waals surface area (Å²) in [6.45, 7) is 3.24. The van der Waals surface area contributed by atoms with Crippen molar-refractivity contribution in [2.24, 2.45) is 0 Å². The number of aromatic nitrogens is 2. The summed E-state index contributed by atoms with van der Waals surface area (Å²) < 4.78 is 7.46. The third-order valence-corrected chi connectivity index (χ3v) is 4.93. The SMILES string of the molecule is O=C(NCc1nn(-c2ccccc2)c2c1CCC2)N1CCCOCC1. The predicted molar refractivity (Wildman–Crippen MR) is 94.8 cm³/mol. The molecule has 1 aromatic carbocycles. The van der Waals surface area contributed by atoms with Crippen LogP contribution in [0.3, 0.4) is 0 Å². The summed E-state index contributed by atoms with van der Waals surface area (Å²) in [5, 5.41) is 7.84. The highest BCUT2D eigenvalue weighted by molar-refractivity contribution is 5.74. The lowest BCUT2D eigenvalue weighted by atomic mass is 10.2. The molecule has 1 N–H and O–H groups in total. The van der Waals surface area contributed by atoms with Crippen molar-refractivity contribution in [3.8, 4) is 5.69 Å². The second-order valence-corrected chi connectivity index (χ2v) is 6.58. The van der Waals surface area contributed by atoms with Gasteiger partial charge < -0.3 is 15.0 Å². The van der Waals surface area contributed by atoms with Gasteiger partial charge >= 0.3 is 6.03 Å². The number of hydrogen-bond acceptors (Lipinski definition) is 3. The van der Waals surface area contributed by atoms with Crippen LogP contribution in [0.4, 0.5) is 4.79 Å². The van der Waals surface area contributed by atoms with Gasteiger partial charge in [0.05, 0.1) is 24.5 Å². The predicted octanol–water partition coefficient (Wildman–Crippen LogP) is 2.29. The summed E-state index contributed by atoms with van der Waals surface area (Å²) in [5.74, 6) is 0. The molecule has 1 aliphatic heterocycles. The summed E-state index contributed by atoms with van der Waals surface area (Å²) in [5.41, 5.74) is 4.68. The fourth-order valence-corrected chi connectivity index (χ4v) is 3.66. The fraction of sp³-hybridized carbons (Fsp3) is 0.474. The molecule has 1 aliphatic carbocycles. The standard InChI is InChI=1S/C19H24N4O2/c24-19(22-10-5-12-25-13-11-22)20-14-17-16-8-4-9-18(16)23(21-17)15-6-2-1-3-7-15/h1-3,6-7H,4-5,8-14H2,(H,20,24). The van der Waals surface area contributed by atoms with Gasteiger partial charge in [0.2, 0.25) is 0 Å². The molecule has 2 heterocycles. The van der Waals surface area contributed by atoms with Gasteiger partial charge in [-0.25, -0.2) is 9.48 Å². The number of benzene rings is 1. The van der Waals surface area contributed by atoms with Gasteiger partial charge in [-0.2, -0.15) is 5.10 Å². The zero-order valence-electron chi connectivity index (χ0n) is 14.4. The van der Waals surface area contributed by atoms with Crippen LogP contribution in [0.15, 0.2) is 30.3 Å². The van der Waals surface area contributed by atoms with E-state index < -0.39 is 0 Å². The molecular formula is C19H24N4O2. The molecule has 25 heavy (non-hydrogen) atoms. The van der Waals surface area contributed by atoms with Crippen LogP contribution in [-0.4, -0.2) is 47.0 Å². The second-order valence-electron chi connectivity index (χ2n) is 6.58. The molecule has 2 aliphatic rings. The van der Waals surface area contributed by atoms with Gasteiger partial charge in [-0.1, -0.05) is 18.2 Å². The van der Waals surface area contributed by atoms with E-state index in [0.29, 0.717) is 19.7 Å². The van der Waals surface area contributed by atoms with Crippen LogP contribution in [0.25, 0.3) is 5.69 Å². The van der Waals surface area contributed by atoms with Crippen LogP contribution < -0.4 is 5.32 Å². The van der Waals surface area contributed by atoms with Crippen molar-refractivity contribution in [3.05, 3.63) is 47.3 Å². The maximum Gasteiger partial charge on any atom is 0.317 e. The van der Waals surface area contributed by atoms with E-state index >= 15 is 0 Å². The smallest absolute Gasteiger partial charge is 0.317 e. The zero-order valence-corrected chi connectivity index (χ0v) is 14.4. The first-order valence-electron chi connectivity index (χ1n) is 9.08. The third-order valence-electron chi connectivity index (χ3n) is 4.93. The van der Waals surface area contributed by atoms with E-state index in [1.165, 1.54) is 11.3 Å². The number of hydrogen-bond donors (Lipinski definition) is 1. The summed E-state index contributed by atoms with van der Waals surface area (Å²) >= 11 is 0. The Bertz CT molecular complexity index is 733. The summed E-state index contributed by atoms with van der Waals surface area (Å²) in [4.78, 5) is 14.3. The van der Waals surface area contributed by atoms with E-state index in [2.05, 4.69) is 17.4 Å². The van der Waals surface area contributed by atoms with Crippen LogP contribution in [0.2, 0.25) is 0 Å². The van der Waals surface area contributed by atoms with E-state index in [1.807, 2.05) is 27.8 Å². The highest BCUT2D eigenvalue weighted by Gasteiger charge is 2.24. The summed E-state index contributed by atoms with van der Waals surface area (Å²) in [6, 6.07) is 10.2. The number of para-hydroxylation sites is 1.